The number of nitrogens with one attached hydrogen (secondary N) is 1. The van der Waals surface area contributed by atoms with Crippen molar-refractivity contribution in [2.45, 2.75) is 39.7 Å². The molecular weight excluding hydrogens is 164 g/mol. The molecule has 0 aromatic rings. The summed E-state index contributed by atoms with van der Waals surface area (Å²) in [6.45, 7) is 6.94. The van der Waals surface area contributed by atoms with Crippen LogP contribution in [0.25, 0.3) is 0 Å². The number of carbonyl (C=O) groups excluding carboxylic acids is 1. The smallest absolute Gasteiger partial charge is 0.236 e. The molecule has 1 atom stereocenters. The van der Waals surface area contributed by atoms with E-state index in [9.17, 15) is 4.79 Å². The quantitative estimate of drug-likeness (QED) is 0.681. The molecule has 13 heavy (non-hydrogen) atoms. The van der Waals surface area contributed by atoms with Crippen LogP contribution < -0.4 is 11.1 Å². The standard InChI is InChI=1S/C10H20N2O/c1-7(2)10(4-5-10)6-12-9(13)8(3)11/h7-8H,4-6,11H2,1-3H3,(H,12,13). The summed E-state index contributed by atoms with van der Waals surface area (Å²) in [6, 6.07) is -0.386. The van der Waals surface area contributed by atoms with Gasteiger partial charge in [-0.15, -0.1) is 0 Å². The summed E-state index contributed by atoms with van der Waals surface area (Å²) in [7, 11) is 0. The Morgan fingerprint density at radius 1 is 1.46 bits per heavy atom. The van der Waals surface area contributed by atoms with Gasteiger partial charge >= 0.3 is 0 Å². The van der Waals surface area contributed by atoms with Crippen LogP contribution in [0.15, 0.2) is 0 Å². The first-order valence-electron chi connectivity index (χ1n) is 5.01. The first-order chi connectivity index (χ1) is 5.98. The Balaban J connectivity index is 2.31. The van der Waals surface area contributed by atoms with Crippen molar-refractivity contribution in [2.75, 3.05) is 6.54 Å². The maximum atomic E-state index is 11.2. The predicted octanol–water partition coefficient (Wildman–Crippen LogP) is 0.886. The highest BCUT2D eigenvalue weighted by Gasteiger charge is 2.45. The van der Waals surface area contributed by atoms with E-state index in [1.165, 1.54) is 12.8 Å². The second-order valence-electron chi connectivity index (χ2n) is 4.52. The molecule has 1 amide bonds. The highest BCUT2D eigenvalue weighted by atomic mass is 16.2. The number of amides is 1. The van der Waals surface area contributed by atoms with Crippen molar-refractivity contribution in [3.8, 4) is 0 Å². The van der Waals surface area contributed by atoms with Crippen molar-refractivity contribution in [2.24, 2.45) is 17.1 Å². The molecule has 0 aromatic carbocycles. The van der Waals surface area contributed by atoms with Gasteiger partial charge in [-0.25, -0.2) is 0 Å². The highest BCUT2D eigenvalue weighted by molar-refractivity contribution is 5.81. The molecule has 0 aromatic heterocycles. The third-order valence-corrected chi connectivity index (χ3v) is 3.15. The molecule has 0 spiro atoms. The maximum Gasteiger partial charge on any atom is 0.236 e. The van der Waals surface area contributed by atoms with Gasteiger partial charge in [0, 0.05) is 6.54 Å². The summed E-state index contributed by atoms with van der Waals surface area (Å²) in [5.41, 5.74) is 5.83. The molecule has 3 heteroatoms. The van der Waals surface area contributed by atoms with E-state index in [0.717, 1.165) is 6.54 Å². The van der Waals surface area contributed by atoms with E-state index < -0.39 is 0 Å². The topological polar surface area (TPSA) is 55.1 Å². The normalized spacial score (nSPS) is 21.3. The molecule has 0 heterocycles. The van der Waals surface area contributed by atoms with Crippen molar-refractivity contribution in [3.63, 3.8) is 0 Å². The third-order valence-electron chi connectivity index (χ3n) is 3.15. The van der Waals surface area contributed by atoms with Gasteiger partial charge in [-0.1, -0.05) is 13.8 Å². The van der Waals surface area contributed by atoms with E-state index in [1.54, 1.807) is 6.92 Å². The zero-order chi connectivity index (χ0) is 10.1. The van der Waals surface area contributed by atoms with Crippen LogP contribution in [0.5, 0.6) is 0 Å². The van der Waals surface area contributed by atoms with E-state index in [1.807, 2.05) is 0 Å². The number of rotatable bonds is 4. The predicted molar refractivity (Wildman–Crippen MR) is 53.2 cm³/mol. The lowest BCUT2D eigenvalue weighted by Gasteiger charge is -2.20. The first-order valence-corrected chi connectivity index (χ1v) is 5.01. The van der Waals surface area contributed by atoms with Crippen LogP contribution in [-0.4, -0.2) is 18.5 Å². The first kappa shape index (κ1) is 10.5. The van der Waals surface area contributed by atoms with E-state index in [4.69, 9.17) is 5.73 Å². The second kappa shape index (κ2) is 3.66. The summed E-state index contributed by atoms with van der Waals surface area (Å²) in [5, 5.41) is 2.90. The summed E-state index contributed by atoms with van der Waals surface area (Å²) in [4.78, 5) is 11.2. The molecule has 1 unspecified atom stereocenters. The fraction of sp³-hybridized carbons (Fsp3) is 0.900. The minimum absolute atomic E-state index is 0.0353. The Kier molecular flexibility index (Phi) is 2.96. The SMILES string of the molecule is CC(N)C(=O)NCC1(C(C)C)CC1. The lowest BCUT2D eigenvalue weighted by atomic mass is 9.92. The molecule has 1 fully saturated rings. The van der Waals surface area contributed by atoms with Crippen LogP contribution >= 0.6 is 0 Å². The van der Waals surface area contributed by atoms with Crippen LogP contribution in [0.1, 0.15) is 33.6 Å². The molecule has 0 saturated heterocycles. The van der Waals surface area contributed by atoms with Crippen molar-refractivity contribution >= 4 is 5.91 Å². The van der Waals surface area contributed by atoms with E-state index in [-0.39, 0.29) is 11.9 Å². The number of nitrogens with two attached hydrogens (primary N) is 1. The molecule has 3 N–H and O–H groups in total. The Labute approximate surface area is 80.1 Å². The van der Waals surface area contributed by atoms with E-state index in [2.05, 4.69) is 19.2 Å². The van der Waals surface area contributed by atoms with Crippen molar-refractivity contribution in [1.82, 2.24) is 5.32 Å². The van der Waals surface area contributed by atoms with Gasteiger partial charge in [-0.05, 0) is 31.1 Å². The maximum absolute atomic E-state index is 11.2. The second-order valence-corrected chi connectivity index (χ2v) is 4.52. The van der Waals surface area contributed by atoms with Gasteiger partial charge in [-0.2, -0.15) is 0 Å². The van der Waals surface area contributed by atoms with Crippen molar-refractivity contribution in [3.05, 3.63) is 0 Å². The molecule has 1 saturated carbocycles. The van der Waals surface area contributed by atoms with E-state index >= 15 is 0 Å². The molecule has 0 bridgehead atoms. The molecule has 1 aliphatic rings. The molecular formula is C10H20N2O. The van der Waals surface area contributed by atoms with Gasteiger partial charge in [0.15, 0.2) is 0 Å². The minimum atomic E-state index is -0.386. The van der Waals surface area contributed by atoms with Gasteiger partial charge in [0.25, 0.3) is 0 Å². The van der Waals surface area contributed by atoms with Gasteiger partial charge in [0.2, 0.25) is 5.91 Å². The van der Waals surface area contributed by atoms with Crippen LogP contribution in [0.3, 0.4) is 0 Å². The molecule has 0 radical (unpaired) electrons. The molecule has 76 valence electrons. The van der Waals surface area contributed by atoms with Crippen LogP contribution in [0.4, 0.5) is 0 Å². The zero-order valence-electron chi connectivity index (χ0n) is 8.76. The summed E-state index contributed by atoms with van der Waals surface area (Å²) >= 11 is 0. The van der Waals surface area contributed by atoms with Crippen molar-refractivity contribution in [1.29, 1.82) is 0 Å². The van der Waals surface area contributed by atoms with Crippen LogP contribution in [0, 0.1) is 11.3 Å². The molecule has 0 aliphatic heterocycles. The largest absolute Gasteiger partial charge is 0.354 e. The number of hydrogen-bond donors (Lipinski definition) is 2. The van der Waals surface area contributed by atoms with Crippen LogP contribution in [0.2, 0.25) is 0 Å². The number of hydrogen-bond acceptors (Lipinski definition) is 2. The Morgan fingerprint density at radius 2 is 2.00 bits per heavy atom. The molecule has 1 aliphatic carbocycles. The average molecular weight is 184 g/mol. The lowest BCUT2D eigenvalue weighted by molar-refractivity contribution is -0.122. The fourth-order valence-corrected chi connectivity index (χ4v) is 1.54. The third kappa shape index (κ3) is 2.44. The van der Waals surface area contributed by atoms with E-state index in [0.29, 0.717) is 11.3 Å². The van der Waals surface area contributed by atoms with Gasteiger partial charge in [0.05, 0.1) is 6.04 Å². The summed E-state index contributed by atoms with van der Waals surface area (Å²) < 4.78 is 0. The van der Waals surface area contributed by atoms with Gasteiger partial charge in [0.1, 0.15) is 0 Å². The zero-order valence-corrected chi connectivity index (χ0v) is 8.76. The van der Waals surface area contributed by atoms with Gasteiger partial charge < -0.3 is 11.1 Å². The van der Waals surface area contributed by atoms with Gasteiger partial charge in [-0.3, -0.25) is 4.79 Å². The monoisotopic (exact) mass is 184 g/mol. The lowest BCUT2D eigenvalue weighted by Crippen LogP contribution is -2.41. The Morgan fingerprint density at radius 3 is 2.31 bits per heavy atom. The Bertz CT molecular complexity index is 195. The number of carbonyl (C=O) groups is 1. The summed E-state index contributed by atoms with van der Waals surface area (Å²) in [5.74, 6) is 0.618. The molecule has 1 rings (SSSR count). The fourth-order valence-electron chi connectivity index (χ4n) is 1.54. The Hall–Kier alpha value is -0.570. The minimum Gasteiger partial charge on any atom is -0.354 e. The summed E-state index contributed by atoms with van der Waals surface area (Å²) in [6.07, 6.45) is 2.48. The molecule has 3 nitrogen and oxygen atoms in total. The van der Waals surface area contributed by atoms with Crippen molar-refractivity contribution < 1.29 is 4.79 Å². The van der Waals surface area contributed by atoms with Crippen LogP contribution in [-0.2, 0) is 4.79 Å². The average Bonchev–Trinajstić information content (AvgIpc) is 2.80. The highest BCUT2D eigenvalue weighted by Crippen LogP contribution is 2.51.